The van der Waals surface area contributed by atoms with E-state index < -0.39 is 5.91 Å². The highest BCUT2D eigenvalue weighted by atomic mass is 35.5. The maximum Gasteiger partial charge on any atom is 0.274 e. The lowest BCUT2D eigenvalue weighted by Crippen LogP contribution is -2.55. The van der Waals surface area contributed by atoms with Crippen molar-refractivity contribution in [3.63, 3.8) is 0 Å². The van der Waals surface area contributed by atoms with Crippen LogP contribution in [-0.4, -0.2) is 46.1 Å². The van der Waals surface area contributed by atoms with Crippen molar-refractivity contribution in [3.05, 3.63) is 70.2 Å². The molecule has 0 aromatic heterocycles. The topological polar surface area (TPSA) is 55.8 Å². The Hall–Kier alpha value is -1.92. The fourth-order valence-electron chi connectivity index (χ4n) is 3.81. The minimum absolute atomic E-state index is 0.414. The molecule has 1 aliphatic heterocycles. The molecule has 144 valence electrons. The summed E-state index contributed by atoms with van der Waals surface area (Å²) >= 11 is 6.32. The zero-order valence-electron chi connectivity index (χ0n) is 15.7. The van der Waals surface area contributed by atoms with Crippen LogP contribution in [-0.2, 0) is 13.1 Å². The summed E-state index contributed by atoms with van der Waals surface area (Å²) in [7, 11) is 0. The summed E-state index contributed by atoms with van der Waals surface area (Å²) in [6.07, 6.45) is 0. The summed E-state index contributed by atoms with van der Waals surface area (Å²) < 4.78 is 0. The van der Waals surface area contributed by atoms with Crippen molar-refractivity contribution in [2.24, 2.45) is 0 Å². The predicted octanol–water partition coefficient (Wildman–Crippen LogP) is 3.55. The van der Waals surface area contributed by atoms with E-state index in [1.54, 1.807) is 17.6 Å². The Morgan fingerprint density at radius 3 is 2.30 bits per heavy atom. The first-order valence-electron chi connectivity index (χ1n) is 9.23. The highest BCUT2D eigenvalue weighted by Gasteiger charge is 2.29. The third kappa shape index (κ3) is 4.87. The number of carbonyl (C=O) groups excluding carboxylic acids is 1. The first-order valence-corrected chi connectivity index (χ1v) is 9.60. The number of halogens is 1. The lowest BCUT2D eigenvalue weighted by Gasteiger charge is -2.44. The Labute approximate surface area is 165 Å². The Morgan fingerprint density at radius 2 is 1.70 bits per heavy atom. The van der Waals surface area contributed by atoms with Gasteiger partial charge in [0.05, 0.1) is 0 Å². The van der Waals surface area contributed by atoms with Crippen molar-refractivity contribution in [2.75, 3.05) is 13.1 Å². The van der Waals surface area contributed by atoms with Crippen molar-refractivity contribution in [1.29, 1.82) is 0 Å². The molecule has 3 rings (SSSR count). The number of nitrogens with one attached hydrogen (secondary N) is 1. The maximum atomic E-state index is 11.4. The molecule has 0 spiro atoms. The van der Waals surface area contributed by atoms with Gasteiger partial charge in [0.1, 0.15) is 0 Å². The standard InChI is InChI=1S/C21H26ClN3O2/c1-15-11-24(14-19-5-3-4-6-20(19)22)12-16(2)25(15)13-17-7-9-18(10-8-17)21(26)23-27/h3-10,15-16,27H,11-14H2,1-2H3,(H,23,26). The number of piperazine rings is 1. The Kier molecular flexibility index (Phi) is 6.50. The van der Waals surface area contributed by atoms with E-state index in [2.05, 4.69) is 29.7 Å². The van der Waals surface area contributed by atoms with Gasteiger partial charge in [-0.05, 0) is 43.2 Å². The van der Waals surface area contributed by atoms with Crippen molar-refractivity contribution in [3.8, 4) is 0 Å². The molecule has 0 aliphatic carbocycles. The average molecular weight is 388 g/mol. The molecule has 5 nitrogen and oxygen atoms in total. The SMILES string of the molecule is CC1CN(Cc2ccccc2Cl)CC(C)N1Cc1ccc(C(=O)NO)cc1. The molecule has 1 fully saturated rings. The smallest absolute Gasteiger partial charge is 0.274 e. The molecular weight excluding hydrogens is 362 g/mol. The Balaban J connectivity index is 1.62. The van der Waals surface area contributed by atoms with Crippen LogP contribution in [0.3, 0.4) is 0 Å². The lowest BCUT2D eigenvalue weighted by atomic mass is 10.0. The molecule has 1 amide bonds. The largest absolute Gasteiger partial charge is 0.296 e. The van der Waals surface area contributed by atoms with Gasteiger partial charge in [0.15, 0.2) is 0 Å². The van der Waals surface area contributed by atoms with Crippen LogP contribution in [0.2, 0.25) is 5.02 Å². The van der Waals surface area contributed by atoms with Gasteiger partial charge in [-0.25, -0.2) is 5.48 Å². The number of carbonyl (C=O) groups is 1. The number of hydrogen-bond acceptors (Lipinski definition) is 4. The molecule has 0 saturated carbocycles. The number of hydroxylamine groups is 1. The van der Waals surface area contributed by atoms with Gasteiger partial charge in [-0.15, -0.1) is 0 Å². The van der Waals surface area contributed by atoms with Crippen molar-refractivity contribution in [2.45, 2.75) is 39.0 Å². The van der Waals surface area contributed by atoms with E-state index in [1.165, 1.54) is 5.56 Å². The van der Waals surface area contributed by atoms with Gasteiger partial charge in [0, 0.05) is 48.8 Å². The molecule has 27 heavy (non-hydrogen) atoms. The minimum atomic E-state index is -0.489. The molecule has 1 heterocycles. The zero-order valence-corrected chi connectivity index (χ0v) is 16.5. The van der Waals surface area contributed by atoms with Gasteiger partial charge in [-0.1, -0.05) is 41.9 Å². The third-order valence-electron chi connectivity index (χ3n) is 5.21. The number of nitrogens with zero attached hydrogens (tertiary/aromatic N) is 2. The highest BCUT2D eigenvalue weighted by Crippen LogP contribution is 2.23. The number of rotatable bonds is 5. The van der Waals surface area contributed by atoms with E-state index in [4.69, 9.17) is 16.8 Å². The summed E-state index contributed by atoms with van der Waals surface area (Å²) in [6.45, 7) is 8.18. The van der Waals surface area contributed by atoms with E-state index in [0.29, 0.717) is 17.6 Å². The van der Waals surface area contributed by atoms with Crippen molar-refractivity contribution < 1.29 is 10.0 Å². The van der Waals surface area contributed by atoms with Gasteiger partial charge >= 0.3 is 0 Å². The van der Waals surface area contributed by atoms with E-state index in [0.717, 1.165) is 36.8 Å². The molecule has 0 radical (unpaired) electrons. The molecule has 2 unspecified atom stereocenters. The molecular formula is C21H26ClN3O2. The Bertz CT molecular complexity index is 769. The molecule has 6 heteroatoms. The molecule has 2 N–H and O–H groups in total. The first-order chi connectivity index (χ1) is 13.0. The quantitative estimate of drug-likeness (QED) is 0.608. The second kappa shape index (κ2) is 8.85. The van der Waals surface area contributed by atoms with E-state index >= 15 is 0 Å². The van der Waals surface area contributed by atoms with Gasteiger partial charge in [0.2, 0.25) is 0 Å². The Morgan fingerprint density at radius 1 is 1.07 bits per heavy atom. The van der Waals surface area contributed by atoms with Crippen LogP contribution in [0.15, 0.2) is 48.5 Å². The van der Waals surface area contributed by atoms with Gasteiger partial charge in [0.25, 0.3) is 5.91 Å². The molecule has 2 aromatic rings. The summed E-state index contributed by atoms with van der Waals surface area (Å²) in [5.74, 6) is -0.489. The second-order valence-electron chi connectivity index (χ2n) is 7.29. The van der Waals surface area contributed by atoms with Crippen molar-refractivity contribution >= 4 is 17.5 Å². The predicted molar refractivity (Wildman–Crippen MR) is 107 cm³/mol. The van der Waals surface area contributed by atoms with Gasteiger partial charge in [-0.3, -0.25) is 19.8 Å². The van der Waals surface area contributed by atoms with Crippen LogP contribution in [0, 0.1) is 0 Å². The minimum Gasteiger partial charge on any atom is -0.296 e. The molecule has 2 atom stereocenters. The van der Waals surface area contributed by atoms with E-state index in [1.807, 2.05) is 30.3 Å². The summed E-state index contributed by atoms with van der Waals surface area (Å²) in [5, 5.41) is 9.54. The van der Waals surface area contributed by atoms with Crippen LogP contribution >= 0.6 is 11.6 Å². The summed E-state index contributed by atoms with van der Waals surface area (Å²) in [6, 6.07) is 16.2. The van der Waals surface area contributed by atoms with Crippen LogP contribution in [0.5, 0.6) is 0 Å². The molecule has 2 aromatic carbocycles. The maximum absolute atomic E-state index is 11.4. The van der Waals surface area contributed by atoms with E-state index in [-0.39, 0.29) is 0 Å². The monoisotopic (exact) mass is 387 g/mol. The lowest BCUT2D eigenvalue weighted by molar-refractivity contribution is 0.0290. The normalized spacial score (nSPS) is 21.2. The summed E-state index contributed by atoms with van der Waals surface area (Å²) in [5.41, 5.74) is 4.44. The third-order valence-corrected chi connectivity index (χ3v) is 5.58. The number of hydrogen-bond donors (Lipinski definition) is 2. The van der Waals surface area contributed by atoms with Gasteiger partial charge in [-0.2, -0.15) is 0 Å². The first kappa shape index (κ1) is 19.8. The number of amides is 1. The fourth-order valence-corrected chi connectivity index (χ4v) is 4.01. The van der Waals surface area contributed by atoms with Crippen LogP contribution in [0.4, 0.5) is 0 Å². The highest BCUT2D eigenvalue weighted by molar-refractivity contribution is 6.31. The molecule has 1 aliphatic rings. The van der Waals surface area contributed by atoms with E-state index in [9.17, 15) is 4.79 Å². The zero-order chi connectivity index (χ0) is 19.4. The van der Waals surface area contributed by atoms with Crippen LogP contribution in [0.1, 0.15) is 35.3 Å². The number of benzene rings is 2. The van der Waals surface area contributed by atoms with Crippen molar-refractivity contribution in [1.82, 2.24) is 15.3 Å². The average Bonchev–Trinajstić information content (AvgIpc) is 2.66. The fraction of sp³-hybridized carbons (Fsp3) is 0.381. The van der Waals surface area contributed by atoms with Crippen LogP contribution < -0.4 is 5.48 Å². The van der Waals surface area contributed by atoms with Gasteiger partial charge < -0.3 is 0 Å². The molecule has 0 bridgehead atoms. The second-order valence-corrected chi connectivity index (χ2v) is 7.70. The summed E-state index contributed by atoms with van der Waals surface area (Å²) in [4.78, 5) is 16.4. The van der Waals surface area contributed by atoms with Crippen LogP contribution in [0.25, 0.3) is 0 Å². The molecule has 1 saturated heterocycles.